The molecule has 0 amide bonds. The molecular formula is C24H30N4O2S. The van der Waals surface area contributed by atoms with Gasteiger partial charge in [-0.15, -0.1) is 0 Å². The van der Waals surface area contributed by atoms with Gasteiger partial charge in [0.05, 0.1) is 31.6 Å². The maximum atomic E-state index is 5.97. The van der Waals surface area contributed by atoms with E-state index in [0.29, 0.717) is 6.04 Å². The minimum Gasteiger partial charge on any atom is -0.496 e. The molecule has 5 rings (SSSR count). The van der Waals surface area contributed by atoms with Crippen molar-refractivity contribution in [3.05, 3.63) is 47.8 Å². The highest BCUT2D eigenvalue weighted by molar-refractivity contribution is 8.14. The molecule has 3 aliphatic heterocycles. The predicted octanol–water partition coefficient (Wildman–Crippen LogP) is 4.68. The van der Waals surface area contributed by atoms with E-state index < -0.39 is 0 Å². The Balaban J connectivity index is 1.63. The van der Waals surface area contributed by atoms with E-state index >= 15 is 0 Å². The third-order valence-electron chi connectivity index (χ3n) is 6.63. The molecule has 4 heterocycles. The molecule has 0 radical (unpaired) electrons. The molecule has 3 aliphatic rings. The van der Waals surface area contributed by atoms with E-state index in [1.165, 1.54) is 12.8 Å². The van der Waals surface area contributed by atoms with Gasteiger partial charge < -0.3 is 19.3 Å². The smallest absolute Gasteiger partial charge is 0.160 e. The van der Waals surface area contributed by atoms with E-state index in [-0.39, 0.29) is 12.1 Å². The fraction of sp³-hybridized carbons (Fsp3) is 0.500. The highest BCUT2D eigenvalue weighted by atomic mass is 32.2. The fourth-order valence-electron chi connectivity index (χ4n) is 5.03. The number of aromatic nitrogens is 1. The standard InChI is InChI=1S/C24H30N4O2S/c1-4-16-15-31-24-26-22(18-9-5-6-10-25-18)23(28(16)24)17-13-21(30-3)19(14-20(17)29-2)27-11-7-8-12-27/h5-6,9-10,13-14,16,22-23H,4,7-8,11-12,15H2,1-3H3/t16-,22+,23+/m0/s1. The van der Waals surface area contributed by atoms with Crippen molar-refractivity contribution >= 4 is 22.6 Å². The molecule has 6 nitrogen and oxygen atoms in total. The summed E-state index contributed by atoms with van der Waals surface area (Å²) in [5.41, 5.74) is 3.24. The van der Waals surface area contributed by atoms with Gasteiger partial charge in [0.1, 0.15) is 17.5 Å². The van der Waals surface area contributed by atoms with E-state index in [4.69, 9.17) is 14.5 Å². The molecule has 0 spiro atoms. The number of fused-ring (bicyclic) bond motifs is 1. The number of hydrogen-bond acceptors (Lipinski definition) is 7. The first-order valence-corrected chi connectivity index (χ1v) is 12.1. The SMILES string of the molecule is CC[C@H]1CSC2=N[C@H](c3ccccn3)[C@@H](c3cc(OC)c(N4CCCC4)cc3OC)N21. The molecule has 2 fully saturated rings. The lowest BCUT2D eigenvalue weighted by Gasteiger charge is -2.33. The van der Waals surface area contributed by atoms with Gasteiger partial charge in [-0.1, -0.05) is 24.8 Å². The monoisotopic (exact) mass is 438 g/mol. The van der Waals surface area contributed by atoms with E-state index in [1.807, 2.05) is 30.1 Å². The lowest BCUT2D eigenvalue weighted by atomic mass is 9.93. The van der Waals surface area contributed by atoms with Crippen LogP contribution in [-0.2, 0) is 0 Å². The third-order valence-corrected chi connectivity index (χ3v) is 7.75. The molecule has 31 heavy (non-hydrogen) atoms. The molecule has 3 atom stereocenters. The zero-order valence-corrected chi connectivity index (χ0v) is 19.3. The van der Waals surface area contributed by atoms with Crippen molar-refractivity contribution in [2.24, 2.45) is 4.99 Å². The largest absolute Gasteiger partial charge is 0.496 e. The number of pyridine rings is 1. The number of amidine groups is 1. The lowest BCUT2D eigenvalue weighted by Crippen LogP contribution is -2.35. The Hall–Kier alpha value is -2.41. The molecule has 0 N–H and O–H groups in total. The van der Waals surface area contributed by atoms with E-state index in [9.17, 15) is 0 Å². The summed E-state index contributed by atoms with van der Waals surface area (Å²) < 4.78 is 11.9. The van der Waals surface area contributed by atoms with Crippen molar-refractivity contribution in [2.45, 2.75) is 44.3 Å². The Morgan fingerprint density at radius 2 is 1.90 bits per heavy atom. The van der Waals surface area contributed by atoms with Gasteiger partial charge in [-0.3, -0.25) is 9.98 Å². The van der Waals surface area contributed by atoms with Gasteiger partial charge in [-0.2, -0.15) is 0 Å². The third kappa shape index (κ3) is 3.53. The van der Waals surface area contributed by atoms with Gasteiger partial charge >= 0.3 is 0 Å². The lowest BCUT2D eigenvalue weighted by molar-refractivity contribution is 0.248. The summed E-state index contributed by atoms with van der Waals surface area (Å²) in [6.45, 7) is 4.38. The predicted molar refractivity (Wildman–Crippen MR) is 127 cm³/mol. The maximum Gasteiger partial charge on any atom is 0.160 e. The van der Waals surface area contributed by atoms with Crippen LogP contribution in [0.1, 0.15) is 49.5 Å². The van der Waals surface area contributed by atoms with Crippen LogP contribution < -0.4 is 14.4 Å². The van der Waals surface area contributed by atoms with Gasteiger partial charge in [0.25, 0.3) is 0 Å². The second-order valence-electron chi connectivity index (χ2n) is 8.30. The summed E-state index contributed by atoms with van der Waals surface area (Å²) in [5, 5.41) is 1.12. The second kappa shape index (κ2) is 8.61. The fourth-order valence-corrected chi connectivity index (χ4v) is 6.37. The van der Waals surface area contributed by atoms with Crippen molar-refractivity contribution in [1.29, 1.82) is 0 Å². The van der Waals surface area contributed by atoms with Crippen LogP contribution >= 0.6 is 11.8 Å². The molecule has 1 aromatic heterocycles. The minimum atomic E-state index is -0.0608. The molecule has 1 aromatic carbocycles. The van der Waals surface area contributed by atoms with Crippen LogP contribution in [0.25, 0.3) is 0 Å². The number of rotatable bonds is 6. The summed E-state index contributed by atoms with van der Waals surface area (Å²) in [6, 6.07) is 10.9. The zero-order chi connectivity index (χ0) is 21.4. The van der Waals surface area contributed by atoms with Crippen molar-refractivity contribution < 1.29 is 9.47 Å². The molecule has 2 saturated heterocycles. The number of thioether (sulfide) groups is 1. The van der Waals surface area contributed by atoms with Crippen molar-refractivity contribution in [1.82, 2.24) is 9.88 Å². The van der Waals surface area contributed by atoms with Gasteiger partial charge in [0, 0.05) is 42.7 Å². The average Bonchev–Trinajstić information content (AvgIpc) is 3.55. The number of ether oxygens (including phenoxy) is 2. The molecule has 164 valence electrons. The first-order chi connectivity index (χ1) is 15.2. The quantitative estimate of drug-likeness (QED) is 0.653. The maximum absolute atomic E-state index is 5.97. The topological polar surface area (TPSA) is 50.2 Å². The normalized spacial score (nSPS) is 25.0. The number of nitrogens with zero attached hydrogens (tertiary/aromatic N) is 4. The molecule has 0 unspecified atom stereocenters. The van der Waals surface area contributed by atoms with Crippen LogP contribution in [0.15, 0.2) is 41.5 Å². The average molecular weight is 439 g/mol. The van der Waals surface area contributed by atoms with Crippen LogP contribution in [0.3, 0.4) is 0 Å². The summed E-state index contributed by atoms with van der Waals surface area (Å²) in [4.78, 5) is 14.7. The molecule has 0 bridgehead atoms. The minimum absolute atomic E-state index is 0.0429. The van der Waals surface area contributed by atoms with E-state index in [2.05, 4.69) is 39.9 Å². The van der Waals surface area contributed by atoms with Gasteiger partial charge in [0.15, 0.2) is 5.17 Å². The number of methoxy groups -OCH3 is 2. The first-order valence-electron chi connectivity index (χ1n) is 11.2. The van der Waals surface area contributed by atoms with Gasteiger partial charge in [-0.05, 0) is 37.5 Å². The van der Waals surface area contributed by atoms with E-state index in [1.54, 1.807) is 14.2 Å². The summed E-state index contributed by atoms with van der Waals surface area (Å²) in [6.07, 6.45) is 5.38. The Kier molecular flexibility index (Phi) is 5.69. The highest BCUT2D eigenvalue weighted by Gasteiger charge is 2.46. The van der Waals surface area contributed by atoms with Crippen molar-refractivity contribution in [3.63, 3.8) is 0 Å². The Morgan fingerprint density at radius 1 is 1.10 bits per heavy atom. The molecule has 7 heteroatoms. The first kappa shape index (κ1) is 20.5. The number of anilines is 1. The van der Waals surface area contributed by atoms with Crippen LogP contribution in [0.5, 0.6) is 11.5 Å². The number of benzene rings is 1. The zero-order valence-electron chi connectivity index (χ0n) is 18.5. The summed E-state index contributed by atoms with van der Waals surface area (Å²) in [7, 11) is 3.53. The summed E-state index contributed by atoms with van der Waals surface area (Å²) >= 11 is 1.86. The van der Waals surface area contributed by atoms with Gasteiger partial charge in [-0.25, -0.2) is 0 Å². The Labute approximate surface area is 188 Å². The van der Waals surface area contributed by atoms with E-state index in [0.717, 1.165) is 58.9 Å². The molecule has 0 saturated carbocycles. The van der Waals surface area contributed by atoms with Crippen LogP contribution in [0, 0.1) is 0 Å². The Bertz CT molecular complexity index is 962. The van der Waals surface area contributed by atoms with Crippen molar-refractivity contribution in [2.75, 3.05) is 38.0 Å². The second-order valence-corrected chi connectivity index (χ2v) is 9.28. The molecule has 0 aliphatic carbocycles. The number of hydrogen-bond donors (Lipinski definition) is 0. The van der Waals surface area contributed by atoms with Crippen LogP contribution in [0.2, 0.25) is 0 Å². The van der Waals surface area contributed by atoms with Gasteiger partial charge in [0.2, 0.25) is 0 Å². The van der Waals surface area contributed by atoms with Crippen LogP contribution in [-0.4, -0.2) is 54.2 Å². The van der Waals surface area contributed by atoms with Crippen molar-refractivity contribution in [3.8, 4) is 11.5 Å². The molecule has 2 aromatic rings. The highest BCUT2D eigenvalue weighted by Crippen LogP contribution is 2.52. The summed E-state index contributed by atoms with van der Waals surface area (Å²) in [5.74, 6) is 2.88. The molecular weight excluding hydrogens is 408 g/mol. The Morgan fingerprint density at radius 3 is 2.58 bits per heavy atom. The van der Waals surface area contributed by atoms with Crippen LogP contribution in [0.4, 0.5) is 5.69 Å². The number of aliphatic imine (C=N–C) groups is 1.